The first kappa shape index (κ1) is 12.2. The van der Waals surface area contributed by atoms with Gasteiger partial charge in [-0.2, -0.15) is 5.10 Å². The van der Waals surface area contributed by atoms with Gasteiger partial charge in [0.2, 0.25) is 0 Å². The lowest BCUT2D eigenvalue weighted by Crippen LogP contribution is -2.01. The smallest absolute Gasteiger partial charge is 0.0625 e. The van der Waals surface area contributed by atoms with Crippen LogP contribution >= 0.6 is 0 Å². The first-order chi connectivity index (χ1) is 6.20. The second-order valence-corrected chi connectivity index (χ2v) is 2.83. The SMILES string of the molecule is CC.CCc1c(C)c(C)nn1CC. The van der Waals surface area contributed by atoms with Gasteiger partial charge in [0.1, 0.15) is 0 Å². The van der Waals surface area contributed by atoms with Gasteiger partial charge in [-0.05, 0) is 32.8 Å². The molecule has 2 nitrogen and oxygen atoms in total. The molecule has 0 amide bonds. The number of hydrogen-bond acceptors (Lipinski definition) is 1. The molecule has 0 aliphatic rings. The Morgan fingerprint density at radius 1 is 1.15 bits per heavy atom. The molecule has 76 valence electrons. The maximum absolute atomic E-state index is 4.42. The Kier molecular flexibility index (Phi) is 5.44. The van der Waals surface area contributed by atoms with Crippen LogP contribution < -0.4 is 0 Å². The van der Waals surface area contributed by atoms with Gasteiger partial charge in [0, 0.05) is 12.2 Å². The Hall–Kier alpha value is -0.790. The van der Waals surface area contributed by atoms with E-state index in [-0.39, 0.29) is 0 Å². The summed E-state index contributed by atoms with van der Waals surface area (Å²) in [6.45, 7) is 13.5. The molecular formula is C11H22N2. The van der Waals surface area contributed by atoms with E-state index in [0.29, 0.717) is 0 Å². The first-order valence-corrected chi connectivity index (χ1v) is 5.23. The summed E-state index contributed by atoms with van der Waals surface area (Å²) in [5, 5.41) is 4.42. The van der Waals surface area contributed by atoms with E-state index in [9.17, 15) is 0 Å². The highest BCUT2D eigenvalue weighted by atomic mass is 15.3. The Morgan fingerprint density at radius 3 is 2.00 bits per heavy atom. The molecule has 0 unspecified atom stereocenters. The lowest BCUT2D eigenvalue weighted by atomic mass is 10.2. The quantitative estimate of drug-likeness (QED) is 0.687. The van der Waals surface area contributed by atoms with Gasteiger partial charge < -0.3 is 0 Å². The zero-order valence-corrected chi connectivity index (χ0v) is 9.81. The molecule has 0 saturated heterocycles. The third kappa shape index (κ3) is 2.58. The van der Waals surface area contributed by atoms with Crippen LogP contribution in [0.25, 0.3) is 0 Å². The number of nitrogens with zero attached hydrogens (tertiary/aromatic N) is 2. The van der Waals surface area contributed by atoms with Crippen LogP contribution in [-0.4, -0.2) is 9.78 Å². The van der Waals surface area contributed by atoms with Crippen molar-refractivity contribution in [3.63, 3.8) is 0 Å². The van der Waals surface area contributed by atoms with Gasteiger partial charge >= 0.3 is 0 Å². The third-order valence-corrected chi connectivity index (χ3v) is 2.19. The molecule has 0 N–H and O–H groups in total. The van der Waals surface area contributed by atoms with E-state index in [2.05, 4.69) is 37.5 Å². The third-order valence-electron chi connectivity index (χ3n) is 2.19. The van der Waals surface area contributed by atoms with Crippen molar-refractivity contribution < 1.29 is 0 Å². The van der Waals surface area contributed by atoms with Gasteiger partial charge in [-0.25, -0.2) is 0 Å². The normalized spacial score (nSPS) is 9.38. The number of aromatic nitrogens is 2. The van der Waals surface area contributed by atoms with Gasteiger partial charge in [-0.3, -0.25) is 4.68 Å². The standard InChI is InChI=1S/C9H16N2.C2H6/c1-5-9-7(3)8(4)10-11(9)6-2;1-2/h5-6H2,1-4H3;1-2H3. The molecule has 1 aromatic rings. The summed E-state index contributed by atoms with van der Waals surface area (Å²) in [4.78, 5) is 0. The second-order valence-electron chi connectivity index (χ2n) is 2.83. The summed E-state index contributed by atoms with van der Waals surface area (Å²) < 4.78 is 2.09. The molecule has 1 aromatic heterocycles. The van der Waals surface area contributed by atoms with E-state index in [1.165, 1.54) is 17.0 Å². The topological polar surface area (TPSA) is 17.8 Å². The molecule has 0 aromatic carbocycles. The lowest BCUT2D eigenvalue weighted by molar-refractivity contribution is 0.620. The van der Waals surface area contributed by atoms with Crippen LogP contribution in [-0.2, 0) is 13.0 Å². The Morgan fingerprint density at radius 2 is 1.69 bits per heavy atom. The Balaban J connectivity index is 0.000000671. The van der Waals surface area contributed by atoms with Crippen LogP contribution in [0.3, 0.4) is 0 Å². The fourth-order valence-corrected chi connectivity index (χ4v) is 1.43. The minimum absolute atomic E-state index is 0.984. The van der Waals surface area contributed by atoms with E-state index in [0.717, 1.165) is 13.0 Å². The average molecular weight is 182 g/mol. The molecule has 0 aliphatic heterocycles. The summed E-state index contributed by atoms with van der Waals surface area (Å²) in [5.41, 5.74) is 3.91. The minimum Gasteiger partial charge on any atom is -0.269 e. The molecule has 0 fully saturated rings. The van der Waals surface area contributed by atoms with Gasteiger partial charge in [-0.1, -0.05) is 20.8 Å². The molecule has 0 radical (unpaired) electrons. The Bertz CT molecular complexity index is 249. The van der Waals surface area contributed by atoms with Crippen LogP contribution in [0, 0.1) is 13.8 Å². The highest BCUT2D eigenvalue weighted by molar-refractivity contribution is 5.23. The van der Waals surface area contributed by atoms with Crippen molar-refractivity contribution in [1.82, 2.24) is 9.78 Å². The van der Waals surface area contributed by atoms with Crippen LogP contribution in [0.5, 0.6) is 0 Å². The fraction of sp³-hybridized carbons (Fsp3) is 0.727. The van der Waals surface area contributed by atoms with Crippen molar-refractivity contribution in [3.8, 4) is 0 Å². The first-order valence-electron chi connectivity index (χ1n) is 5.23. The van der Waals surface area contributed by atoms with Crippen LogP contribution in [0.2, 0.25) is 0 Å². The van der Waals surface area contributed by atoms with Crippen molar-refractivity contribution in [2.75, 3.05) is 0 Å². The molecule has 0 atom stereocenters. The Labute approximate surface area is 82.0 Å². The van der Waals surface area contributed by atoms with Crippen molar-refractivity contribution in [2.24, 2.45) is 0 Å². The second kappa shape index (κ2) is 5.79. The van der Waals surface area contributed by atoms with Crippen molar-refractivity contribution in [2.45, 2.75) is 54.5 Å². The van der Waals surface area contributed by atoms with E-state index in [1.807, 2.05) is 13.8 Å². The van der Waals surface area contributed by atoms with Crippen LogP contribution in [0.4, 0.5) is 0 Å². The van der Waals surface area contributed by atoms with Crippen molar-refractivity contribution in [1.29, 1.82) is 0 Å². The highest BCUT2D eigenvalue weighted by Gasteiger charge is 2.06. The molecule has 13 heavy (non-hydrogen) atoms. The van der Waals surface area contributed by atoms with Crippen molar-refractivity contribution in [3.05, 3.63) is 17.0 Å². The number of rotatable bonds is 2. The zero-order chi connectivity index (χ0) is 10.4. The van der Waals surface area contributed by atoms with Crippen LogP contribution in [0.15, 0.2) is 0 Å². The van der Waals surface area contributed by atoms with Gasteiger partial charge in [0.05, 0.1) is 5.69 Å². The minimum atomic E-state index is 0.984. The molecule has 1 rings (SSSR count). The largest absolute Gasteiger partial charge is 0.269 e. The molecule has 0 aliphatic carbocycles. The molecule has 2 heteroatoms. The number of aryl methyl sites for hydroxylation is 2. The highest BCUT2D eigenvalue weighted by Crippen LogP contribution is 2.12. The van der Waals surface area contributed by atoms with E-state index in [4.69, 9.17) is 0 Å². The molecule has 0 spiro atoms. The van der Waals surface area contributed by atoms with E-state index >= 15 is 0 Å². The summed E-state index contributed by atoms with van der Waals surface area (Å²) in [6, 6.07) is 0. The van der Waals surface area contributed by atoms with Crippen LogP contribution in [0.1, 0.15) is 44.6 Å². The summed E-state index contributed by atoms with van der Waals surface area (Å²) in [5.74, 6) is 0. The monoisotopic (exact) mass is 182 g/mol. The summed E-state index contributed by atoms with van der Waals surface area (Å²) >= 11 is 0. The van der Waals surface area contributed by atoms with E-state index < -0.39 is 0 Å². The summed E-state index contributed by atoms with van der Waals surface area (Å²) in [7, 11) is 0. The molecule has 0 saturated carbocycles. The summed E-state index contributed by atoms with van der Waals surface area (Å²) in [6.07, 6.45) is 1.08. The maximum atomic E-state index is 4.42. The molecular weight excluding hydrogens is 160 g/mol. The predicted molar refractivity (Wildman–Crippen MR) is 58.1 cm³/mol. The maximum Gasteiger partial charge on any atom is 0.0625 e. The molecule has 1 heterocycles. The van der Waals surface area contributed by atoms with Gasteiger partial charge in [0.25, 0.3) is 0 Å². The lowest BCUT2D eigenvalue weighted by Gasteiger charge is -2.01. The van der Waals surface area contributed by atoms with Gasteiger partial charge in [-0.15, -0.1) is 0 Å². The van der Waals surface area contributed by atoms with Gasteiger partial charge in [0.15, 0.2) is 0 Å². The fourth-order valence-electron chi connectivity index (χ4n) is 1.43. The zero-order valence-electron chi connectivity index (χ0n) is 9.81. The average Bonchev–Trinajstić information content (AvgIpc) is 2.46. The van der Waals surface area contributed by atoms with Crippen molar-refractivity contribution >= 4 is 0 Å². The van der Waals surface area contributed by atoms with E-state index in [1.54, 1.807) is 0 Å². The predicted octanol–water partition coefficient (Wildman–Crippen LogP) is 3.11. The number of hydrogen-bond donors (Lipinski definition) is 0. The molecule has 0 bridgehead atoms.